The van der Waals surface area contributed by atoms with E-state index in [0.29, 0.717) is 12.2 Å². The van der Waals surface area contributed by atoms with Crippen LogP contribution in [-0.2, 0) is 14.3 Å². The van der Waals surface area contributed by atoms with Gasteiger partial charge in [0.2, 0.25) is 0 Å². The Morgan fingerprint density at radius 3 is 2.41 bits per heavy atom. The van der Waals surface area contributed by atoms with Crippen LogP contribution in [0.2, 0.25) is 0 Å². The van der Waals surface area contributed by atoms with Crippen LogP contribution in [0.4, 0.5) is 18.0 Å². The Labute approximate surface area is 154 Å². The first kappa shape index (κ1) is 21.3. The molecule has 1 aromatic rings. The molecule has 0 spiro atoms. The molecule has 152 valence electrons. The quantitative estimate of drug-likeness (QED) is 0.591. The standard InChI is InChI=1S/C16H20F3NO6S/c1-15(10-26-27(23,24)16(17,18)19)9-20(14(21)22)8-7-13(15)11-3-5-12(25-2)6-4-11/h3-6,13H,7-10H2,1-2H3,(H,21,22). The number of hydrogen-bond donors (Lipinski definition) is 1. The normalized spacial score (nSPS) is 23.9. The predicted octanol–water partition coefficient (Wildman–Crippen LogP) is 3.04. The van der Waals surface area contributed by atoms with E-state index in [1.165, 1.54) is 14.0 Å². The van der Waals surface area contributed by atoms with E-state index in [4.69, 9.17) is 4.74 Å². The van der Waals surface area contributed by atoms with Gasteiger partial charge in [-0.1, -0.05) is 19.1 Å². The number of likely N-dealkylation sites (tertiary alicyclic amines) is 1. The zero-order chi connectivity index (χ0) is 20.5. The summed E-state index contributed by atoms with van der Waals surface area (Å²) in [6, 6.07) is 6.78. The van der Waals surface area contributed by atoms with Gasteiger partial charge < -0.3 is 14.7 Å². The number of piperidine rings is 1. The first-order chi connectivity index (χ1) is 12.4. The number of halogens is 3. The van der Waals surface area contributed by atoms with Crippen LogP contribution in [-0.4, -0.2) is 56.8 Å². The molecule has 2 atom stereocenters. The van der Waals surface area contributed by atoms with Gasteiger partial charge >= 0.3 is 21.7 Å². The number of carboxylic acid groups (broad SMARTS) is 1. The summed E-state index contributed by atoms with van der Waals surface area (Å²) in [7, 11) is -4.29. The van der Waals surface area contributed by atoms with E-state index in [2.05, 4.69) is 4.18 Å². The Hall–Kier alpha value is -2.01. The molecule has 1 N–H and O–H groups in total. The number of amides is 1. The summed E-state index contributed by atoms with van der Waals surface area (Å²) in [6.07, 6.45) is -0.919. The van der Waals surface area contributed by atoms with Crippen molar-refractivity contribution in [3.63, 3.8) is 0 Å². The second-order valence-corrected chi connectivity index (χ2v) is 8.24. The highest BCUT2D eigenvalue weighted by Crippen LogP contribution is 2.44. The minimum Gasteiger partial charge on any atom is -0.497 e. The van der Waals surface area contributed by atoms with Crippen LogP contribution in [0.1, 0.15) is 24.8 Å². The number of methoxy groups -OCH3 is 1. The van der Waals surface area contributed by atoms with E-state index >= 15 is 0 Å². The van der Waals surface area contributed by atoms with E-state index in [1.54, 1.807) is 24.3 Å². The molecule has 0 aliphatic carbocycles. The lowest BCUT2D eigenvalue weighted by molar-refractivity contribution is -0.0587. The second-order valence-electron chi connectivity index (χ2n) is 6.63. The maximum Gasteiger partial charge on any atom is 0.523 e. The Morgan fingerprint density at radius 1 is 1.33 bits per heavy atom. The third-order valence-electron chi connectivity index (χ3n) is 4.70. The minimum absolute atomic E-state index is 0.160. The van der Waals surface area contributed by atoms with Crippen LogP contribution >= 0.6 is 0 Å². The molecule has 27 heavy (non-hydrogen) atoms. The fourth-order valence-corrected chi connectivity index (χ4v) is 3.81. The summed E-state index contributed by atoms with van der Waals surface area (Å²) in [5.41, 5.74) is -5.99. The Kier molecular flexibility index (Phi) is 5.95. The van der Waals surface area contributed by atoms with Crippen LogP contribution in [0.5, 0.6) is 5.75 Å². The van der Waals surface area contributed by atoms with Gasteiger partial charge in [-0.05, 0) is 30.0 Å². The average Bonchev–Trinajstić information content (AvgIpc) is 2.59. The monoisotopic (exact) mass is 411 g/mol. The summed E-state index contributed by atoms with van der Waals surface area (Å²) in [4.78, 5) is 12.3. The number of ether oxygens (including phenoxy) is 1. The molecular formula is C16H20F3NO6S. The number of benzene rings is 1. The average molecular weight is 411 g/mol. The van der Waals surface area contributed by atoms with Gasteiger partial charge in [-0.2, -0.15) is 21.6 Å². The van der Waals surface area contributed by atoms with E-state index in [0.717, 1.165) is 10.5 Å². The first-order valence-electron chi connectivity index (χ1n) is 7.97. The molecule has 0 bridgehead atoms. The molecule has 1 amide bonds. The Balaban J connectivity index is 2.31. The van der Waals surface area contributed by atoms with Crippen LogP contribution in [0.25, 0.3) is 0 Å². The number of hydrogen-bond acceptors (Lipinski definition) is 5. The predicted molar refractivity (Wildman–Crippen MR) is 89.0 cm³/mol. The maximum absolute atomic E-state index is 12.6. The van der Waals surface area contributed by atoms with Gasteiger partial charge in [-0.15, -0.1) is 0 Å². The third kappa shape index (κ3) is 4.64. The second kappa shape index (κ2) is 7.55. The molecule has 11 heteroatoms. The molecule has 2 unspecified atom stereocenters. The van der Waals surface area contributed by atoms with Gasteiger partial charge in [0, 0.05) is 18.5 Å². The Morgan fingerprint density at radius 2 is 1.93 bits per heavy atom. The zero-order valence-electron chi connectivity index (χ0n) is 14.7. The highest BCUT2D eigenvalue weighted by Gasteiger charge is 2.50. The van der Waals surface area contributed by atoms with E-state index in [1.807, 2.05) is 0 Å². The molecule has 1 aliphatic rings. The molecule has 0 radical (unpaired) electrons. The van der Waals surface area contributed by atoms with Crippen molar-refractivity contribution in [3.8, 4) is 5.75 Å². The lowest BCUT2D eigenvalue weighted by atomic mass is 9.69. The van der Waals surface area contributed by atoms with Crippen molar-refractivity contribution in [2.45, 2.75) is 24.8 Å². The molecule has 1 aliphatic heterocycles. The van der Waals surface area contributed by atoms with Crippen LogP contribution in [0, 0.1) is 5.41 Å². The maximum atomic E-state index is 12.6. The third-order valence-corrected chi connectivity index (χ3v) is 5.69. The number of carbonyl (C=O) groups is 1. The van der Waals surface area contributed by atoms with Crippen LogP contribution in [0.15, 0.2) is 24.3 Å². The molecule has 1 saturated heterocycles. The largest absolute Gasteiger partial charge is 0.523 e. The SMILES string of the molecule is COc1ccc(C2CCN(C(=O)O)CC2(C)COS(=O)(=O)C(F)(F)F)cc1. The highest BCUT2D eigenvalue weighted by molar-refractivity contribution is 7.87. The van der Waals surface area contributed by atoms with E-state index in [9.17, 15) is 31.5 Å². The van der Waals surface area contributed by atoms with Gasteiger partial charge in [0.25, 0.3) is 0 Å². The molecule has 1 aromatic carbocycles. The van der Waals surface area contributed by atoms with Crippen molar-refractivity contribution < 1.29 is 40.4 Å². The van der Waals surface area contributed by atoms with Gasteiger partial charge in [0.15, 0.2) is 0 Å². The van der Waals surface area contributed by atoms with Crippen molar-refractivity contribution in [2.24, 2.45) is 5.41 Å². The summed E-state index contributed by atoms with van der Waals surface area (Å²) >= 11 is 0. The summed E-state index contributed by atoms with van der Waals surface area (Å²) in [5, 5.41) is 9.22. The highest BCUT2D eigenvalue weighted by atomic mass is 32.2. The number of rotatable bonds is 5. The number of nitrogens with zero attached hydrogens (tertiary/aromatic N) is 1. The van der Waals surface area contributed by atoms with Crippen LogP contribution < -0.4 is 4.74 Å². The first-order valence-corrected chi connectivity index (χ1v) is 9.38. The van der Waals surface area contributed by atoms with Crippen LogP contribution in [0.3, 0.4) is 0 Å². The molecular weight excluding hydrogens is 391 g/mol. The molecule has 0 saturated carbocycles. The van der Waals surface area contributed by atoms with E-state index < -0.39 is 39.7 Å². The van der Waals surface area contributed by atoms with Gasteiger partial charge in [0.05, 0.1) is 13.7 Å². The van der Waals surface area contributed by atoms with E-state index in [-0.39, 0.29) is 13.1 Å². The van der Waals surface area contributed by atoms with Crippen molar-refractivity contribution in [2.75, 3.05) is 26.8 Å². The van der Waals surface area contributed by atoms with Crippen molar-refractivity contribution in [1.29, 1.82) is 0 Å². The van der Waals surface area contributed by atoms with Crippen molar-refractivity contribution in [1.82, 2.24) is 4.90 Å². The fourth-order valence-electron chi connectivity index (χ4n) is 3.25. The van der Waals surface area contributed by atoms with Crippen molar-refractivity contribution in [3.05, 3.63) is 29.8 Å². The topological polar surface area (TPSA) is 93.1 Å². The summed E-state index contributed by atoms with van der Waals surface area (Å²) in [6.45, 7) is 0.734. The van der Waals surface area contributed by atoms with Gasteiger partial charge in [-0.25, -0.2) is 4.79 Å². The summed E-state index contributed by atoms with van der Waals surface area (Å²) < 4.78 is 69.7. The molecule has 2 rings (SSSR count). The molecule has 1 fully saturated rings. The lowest BCUT2D eigenvalue weighted by Gasteiger charge is -2.45. The minimum atomic E-state index is -5.78. The van der Waals surface area contributed by atoms with Crippen molar-refractivity contribution >= 4 is 16.2 Å². The number of alkyl halides is 3. The molecule has 7 nitrogen and oxygen atoms in total. The summed E-state index contributed by atoms with van der Waals surface area (Å²) in [5.74, 6) is 0.182. The molecule has 1 heterocycles. The van der Waals surface area contributed by atoms with Gasteiger partial charge in [-0.3, -0.25) is 4.18 Å². The lowest BCUT2D eigenvalue weighted by Crippen LogP contribution is -2.50. The van der Waals surface area contributed by atoms with Gasteiger partial charge in [0.1, 0.15) is 5.75 Å². The fraction of sp³-hybridized carbons (Fsp3) is 0.562. The smallest absolute Gasteiger partial charge is 0.497 e. The zero-order valence-corrected chi connectivity index (χ0v) is 15.5. The molecule has 0 aromatic heterocycles. The Bertz CT molecular complexity index is 780.